The lowest BCUT2D eigenvalue weighted by molar-refractivity contribution is 0.192. The van der Waals surface area contributed by atoms with Crippen molar-refractivity contribution in [2.75, 3.05) is 20.3 Å². The fourth-order valence-corrected chi connectivity index (χ4v) is 2.01. The lowest BCUT2D eigenvalue weighted by atomic mass is 10.1. The summed E-state index contributed by atoms with van der Waals surface area (Å²) in [6, 6.07) is 0. The van der Waals surface area contributed by atoms with Crippen LogP contribution in [0.4, 0.5) is 0 Å². The summed E-state index contributed by atoms with van der Waals surface area (Å²) in [4.78, 5) is 0. The second kappa shape index (κ2) is 44.5. The number of rotatable bonds is 13. The normalized spacial score (nSPS) is 9.22. The number of unbranched alkanes of at least 4 members (excludes halogenated alkanes) is 7. The minimum Gasteiger partial charge on any atom is -0.412 e. The van der Waals surface area contributed by atoms with Crippen LogP contribution in [-0.2, 0) is 4.74 Å². The molecule has 0 amide bonds. The molecule has 0 aromatic heterocycles. The van der Waals surface area contributed by atoms with Crippen molar-refractivity contribution in [2.45, 2.75) is 98.8 Å². The summed E-state index contributed by atoms with van der Waals surface area (Å²) in [6.45, 7) is 19.4. The molecule has 3 nitrogen and oxygen atoms in total. The fraction of sp³-hybridized carbons (Fsp3) is 0.750. The van der Waals surface area contributed by atoms with Gasteiger partial charge in [-0.15, -0.1) is 0 Å². The Bertz CT molecular complexity index is 266. The molecule has 4 N–H and O–H groups in total. The highest BCUT2D eigenvalue weighted by Gasteiger charge is 1.89. The van der Waals surface area contributed by atoms with Gasteiger partial charge in [-0.3, -0.25) is 0 Å². The van der Waals surface area contributed by atoms with Crippen LogP contribution in [0.5, 0.6) is 0 Å². The molecule has 0 heterocycles. The second-order valence-electron chi connectivity index (χ2n) is 5.81. The quantitative estimate of drug-likeness (QED) is 0.260. The SMILES string of the molecule is C=C/C=C(\C=C)CCCCC.CC.CCCCCCCCOC.CCN.O.[HH].[HH]. The molecule has 0 bridgehead atoms. The molecule has 0 aliphatic carbocycles. The minimum atomic E-state index is 0. The molecule has 0 aromatic carbocycles. The van der Waals surface area contributed by atoms with Crippen molar-refractivity contribution < 1.29 is 13.1 Å². The third-order valence-electron chi connectivity index (χ3n) is 3.37. The van der Waals surface area contributed by atoms with Gasteiger partial charge in [-0.05, 0) is 31.4 Å². The molecule has 3 heteroatoms. The predicted molar refractivity (Wildman–Crippen MR) is 132 cm³/mol. The highest BCUT2D eigenvalue weighted by molar-refractivity contribution is 5.20. The third kappa shape index (κ3) is 51.7. The molecule has 170 valence electrons. The van der Waals surface area contributed by atoms with Gasteiger partial charge >= 0.3 is 0 Å². The maximum Gasteiger partial charge on any atom is 0.0462 e. The molecule has 0 atom stereocenters. The van der Waals surface area contributed by atoms with Crippen LogP contribution in [0.3, 0.4) is 0 Å². The molecule has 0 saturated carbocycles. The maximum atomic E-state index is 4.95. The van der Waals surface area contributed by atoms with E-state index in [0.717, 1.165) is 19.6 Å². The average molecular weight is 392 g/mol. The van der Waals surface area contributed by atoms with Gasteiger partial charge in [0.05, 0.1) is 0 Å². The van der Waals surface area contributed by atoms with Crippen LogP contribution in [0.25, 0.3) is 0 Å². The van der Waals surface area contributed by atoms with E-state index in [1.807, 2.05) is 39.0 Å². The van der Waals surface area contributed by atoms with E-state index >= 15 is 0 Å². The predicted octanol–water partition coefficient (Wildman–Crippen LogP) is 7.52. The molecule has 0 aromatic rings. The Hall–Kier alpha value is -0.900. The van der Waals surface area contributed by atoms with E-state index in [1.54, 1.807) is 7.11 Å². The van der Waals surface area contributed by atoms with Crippen LogP contribution in [-0.4, -0.2) is 25.7 Å². The van der Waals surface area contributed by atoms with Crippen molar-refractivity contribution in [3.8, 4) is 0 Å². The first-order chi connectivity index (χ1) is 12.7. The van der Waals surface area contributed by atoms with Crippen LogP contribution in [0.15, 0.2) is 37.0 Å². The summed E-state index contributed by atoms with van der Waals surface area (Å²) >= 11 is 0. The molecule has 0 spiro atoms. The zero-order chi connectivity index (χ0) is 20.9. The Morgan fingerprint density at radius 1 is 0.889 bits per heavy atom. The third-order valence-corrected chi connectivity index (χ3v) is 3.37. The van der Waals surface area contributed by atoms with Gasteiger partial charge in [0.25, 0.3) is 0 Å². The van der Waals surface area contributed by atoms with Gasteiger partial charge in [0.15, 0.2) is 0 Å². The Morgan fingerprint density at radius 2 is 1.33 bits per heavy atom. The van der Waals surface area contributed by atoms with Crippen LogP contribution in [0, 0.1) is 0 Å². The van der Waals surface area contributed by atoms with Gasteiger partial charge in [-0.25, -0.2) is 0 Å². The molecule has 0 unspecified atom stereocenters. The second-order valence-corrected chi connectivity index (χ2v) is 5.81. The van der Waals surface area contributed by atoms with Crippen molar-refractivity contribution in [1.82, 2.24) is 0 Å². The molecule has 0 saturated heterocycles. The first kappa shape index (κ1) is 36.9. The lowest BCUT2D eigenvalue weighted by Gasteiger charge is -1.98. The summed E-state index contributed by atoms with van der Waals surface area (Å²) in [7, 11) is 1.77. The van der Waals surface area contributed by atoms with Crippen molar-refractivity contribution in [3.05, 3.63) is 37.0 Å². The van der Waals surface area contributed by atoms with Crippen LogP contribution in [0.2, 0.25) is 0 Å². The Morgan fingerprint density at radius 3 is 1.74 bits per heavy atom. The molecular weight excluding hydrogens is 334 g/mol. The first-order valence-corrected chi connectivity index (χ1v) is 10.8. The zero-order valence-electron chi connectivity index (χ0n) is 19.6. The van der Waals surface area contributed by atoms with Gasteiger partial charge in [-0.2, -0.15) is 0 Å². The summed E-state index contributed by atoms with van der Waals surface area (Å²) < 4.78 is 4.95. The van der Waals surface area contributed by atoms with Gasteiger partial charge < -0.3 is 15.9 Å². The van der Waals surface area contributed by atoms with E-state index in [9.17, 15) is 0 Å². The molecule has 0 aliphatic heterocycles. The van der Waals surface area contributed by atoms with Crippen molar-refractivity contribution in [3.63, 3.8) is 0 Å². The topological polar surface area (TPSA) is 66.8 Å². The number of hydrogen-bond donors (Lipinski definition) is 1. The first-order valence-electron chi connectivity index (χ1n) is 10.8. The van der Waals surface area contributed by atoms with Crippen molar-refractivity contribution in [1.29, 1.82) is 0 Å². The molecular formula is C24H57NO2. The molecule has 27 heavy (non-hydrogen) atoms. The molecule has 0 aliphatic rings. The summed E-state index contributed by atoms with van der Waals surface area (Å²) in [5, 5.41) is 0. The van der Waals surface area contributed by atoms with Crippen molar-refractivity contribution in [2.24, 2.45) is 5.73 Å². The highest BCUT2D eigenvalue weighted by atomic mass is 16.5. The highest BCUT2D eigenvalue weighted by Crippen LogP contribution is 2.09. The van der Waals surface area contributed by atoms with Crippen molar-refractivity contribution >= 4 is 0 Å². The van der Waals surface area contributed by atoms with Gasteiger partial charge in [0, 0.05) is 16.6 Å². The number of allylic oxidation sites excluding steroid dienone is 4. The Labute approximate surface area is 175 Å². The fourth-order valence-electron chi connectivity index (χ4n) is 2.01. The van der Waals surface area contributed by atoms with Gasteiger partial charge in [0.1, 0.15) is 0 Å². The largest absolute Gasteiger partial charge is 0.412 e. The van der Waals surface area contributed by atoms with Gasteiger partial charge in [-0.1, -0.05) is 111 Å². The Kier molecular flexibility index (Phi) is 60.9. The van der Waals surface area contributed by atoms with Crippen LogP contribution in [0.1, 0.15) is 102 Å². The standard InChI is InChI=1S/C11H18.C9H20O.C2H7N.C2H6.H2O.2H2/c1-4-7-8-10-11(6-3)9-5-2;1-3-4-5-6-7-8-9-10-2;1-2-3;1-2;;;/h5-6,9H,2-4,7-8,10H2,1H3;3-9H2,1-2H3;2-3H2,1H3;1-2H3;1H2;2*1H/b11-9+;;;;;;. The number of methoxy groups -OCH3 is 1. The van der Waals surface area contributed by atoms with Gasteiger partial charge in [0.2, 0.25) is 0 Å². The number of ether oxygens (including phenoxy) is 1. The van der Waals surface area contributed by atoms with E-state index in [-0.39, 0.29) is 8.33 Å². The summed E-state index contributed by atoms with van der Waals surface area (Å²) in [5.74, 6) is 0. The number of nitrogens with two attached hydrogens (primary N) is 1. The number of hydrogen-bond acceptors (Lipinski definition) is 2. The maximum absolute atomic E-state index is 4.95. The molecule has 0 radical (unpaired) electrons. The summed E-state index contributed by atoms with van der Waals surface area (Å²) in [6.07, 6.45) is 18.9. The van der Waals surface area contributed by atoms with E-state index in [4.69, 9.17) is 10.5 Å². The minimum absolute atomic E-state index is 0. The summed E-state index contributed by atoms with van der Waals surface area (Å²) in [5.41, 5.74) is 6.15. The van der Waals surface area contributed by atoms with E-state index < -0.39 is 0 Å². The Balaban J connectivity index is -0.0000000503. The van der Waals surface area contributed by atoms with E-state index in [0.29, 0.717) is 0 Å². The molecule has 0 rings (SSSR count). The monoisotopic (exact) mass is 391 g/mol. The molecule has 0 fully saturated rings. The lowest BCUT2D eigenvalue weighted by Crippen LogP contribution is -1.87. The average Bonchev–Trinajstić information content (AvgIpc) is 2.67. The van der Waals surface area contributed by atoms with E-state index in [1.165, 1.54) is 63.4 Å². The van der Waals surface area contributed by atoms with E-state index in [2.05, 4.69) is 27.0 Å². The zero-order valence-corrected chi connectivity index (χ0v) is 19.6. The van der Waals surface area contributed by atoms with Crippen LogP contribution >= 0.6 is 0 Å². The smallest absolute Gasteiger partial charge is 0.0462 e. The van der Waals surface area contributed by atoms with Crippen LogP contribution < -0.4 is 5.73 Å².